The zero-order valence-electron chi connectivity index (χ0n) is 15.8. The van der Waals surface area contributed by atoms with E-state index in [0.29, 0.717) is 11.3 Å². The summed E-state index contributed by atoms with van der Waals surface area (Å²) in [6, 6.07) is 13.8. The van der Waals surface area contributed by atoms with Crippen molar-refractivity contribution in [1.29, 1.82) is 0 Å². The first-order chi connectivity index (χ1) is 13.2. The van der Waals surface area contributed by atoms with Crippen molar-refractivity contribution in [2.75, 3.05) is 12.9 Å². The summed E-state index contributed by atoms with van der Waals surface area (Å²) in [5.41, 5.74) is 2.89. The Labute approximate surface area is 163 Å². The number of Topliss-reactive ketones (excluding diaryl/α,β-unsaturated/α-hetero) is 1. The van der Waals surface area contributed by atoms with E-state index in [2.05, 4.69) is 0 Å². The lowest BCUT2D eigenvalue weighted by Crippen LogP contribution is -2.13. The molecular formula is C21H20FNO4S. The third-order valence-electron chi connectivity index (χ3n) is 4.44. The van der Waals surface area contributed by atoms with Gasteiger partial charge in [0, 0.05) is 28.9 Å². The fourth-order valence-corrected chi connectivity index (χ4v) is 3.67. The van der Waals surface area contributed by atoms with Crippen molar-refractivity contribution in [3.05, 3.63) is 77.4 Å². The molecule has 0 aliphatic heterocycles. The van der Waals surface area contributed by atoms with Crippen LogP contribution in [-0.2, 0) is 9.84 Å². The van der Waals surface area contributed by atoms with Gasteiger partial charge in [-0.25, -0.2) is 12.8 Å². The average Bonchev–Trinajstić information content (AvgIpc) is 2.94. The van der Waals surface area contributed by atoms with E-state index in [9.17, 15) is 17.6 Å². The maximum absolute atomic E-state index is 13.2. The van der Waals surface area contributed by atoms with Crippen molar-refractivity contribution < 1.29 is 22.3 Å². The molecule has 3 aromatic rings. The third-order valence-corrected chi connectivity index (χ3v) is 5.57. The molecule has 1 heterocycles. The molecule has 0 N–H and O–H groups in total. The van der Waals surface area contributed by atoms with Crippen molar-refractivity contribution in [1.82, 2.24) is 4.57 Å². The van der Waals surface area contributed by atoms with E-state index < -0.39 is 9.84 Å². The minimum Gasteiger partial charge on any atom is -0.485 e. The van der Waals surface area contributed by atoms with Crippen molar-refractivity contribution in [3.8, 4) is 11.4 Å². The maximum atomic E-state index is 13.2. The number of halogens is 1. The number of aromatic nitrogens is 1. The second-order valence-electron chi connectivity index (χ2n) is 6.55. The number of hydrogen-bond acceptors (Lipinski definition) is 4. The van der Waals surface area contributed by atoms with E-state index in [1.165, 1.54) is 36.4 Å². The Hall–Kier alpha value is -2.93. The van der Waals surface area contributed by atoms with Gasteiger partial charge in [0.2, 0.25) is 5.78 Å². The molecule has 3 rings (SSSR count). The van der Waals surface area contributed by atoms with Gasteiger partial charge < -0.3 is 9.30 Å². The fourth-order valence-electron chi connectivity index (χ4n) is 3.04. The van der Waals surface area contributed by atoms with E-state index in [1.54, 1.807) is 18.2 Å². The van der Waals surface area contributed by atoms with Gasteiger partial charge in [-0.3, -0.25) is 4.79 Å². The molecule has 0 radical (unpaired) electrons. The Morgan fingerprint density at radius 3 is 2.21 bits per heavy atom. The van der Waals surface area contributed by atoms with Crippen LogP contribution in [0.25, 0.3) is 5.69 Å². The highest BCUT2D eigenvalue weighted by Gasteiger charge is 2.17. The van der Waals surface area contributed by atoms with Crippen LogP contribution in [0.2, 0.25) is 0 Å². The van der Waals surface area contributed by atoms with E-state index in [4.69, 9.17) is 4.74 Å². The normalized spacial score (nSPS) is 11.4. The highest BCUT2D eigenvalue weighted by Crippen LogP contribution is 2.22. The molecule has 0 bridgehead atoms. The number of ketones is 1. The molecule has 1 aromatic heterocycles. The van der Waals surface area contributed by atoms with Gasteiger partial charge in [-0.1, -0.05) is 0 Å². The number of carbonyl (C=O) groups excluding carboxylic acids is 1. The number of nitrogens with zero attached hydrogens (tertiary/aromatic N) is 1. The summed E-state index contributed by atoms with van der Waals surface area (Å²) in [6.45, 7) is 3.52. The second kappa shape index (κ2) is 7.59. The topological polar surface area (TPSA) is 65.4 Å². The Morgan fingerprint density at radius 1 is 1.04 bits per heavy atom. The molecule has 5 nitrogen and oxygen atoms in total. The second-order valence-corrected chi connectivity index (χ2v) is 8.57. The van der Waals surface area contributed by atoms with Crippen LogP contribution in [0.4, 0.5) is 4.39 Å². The molecule has 0 aliphatic carbocycles. The molecule has 0 saturated carbocycles. The molecule has 28 heavy (non-hydrogen) atoms. The first-order valence-electron chi connectivity index (χ1n) is 8.58. The summed E-state index contributed by atoms with van der Waals surface area (Å²) < 4.78 is 43.5. The minimum atomic E-state index is -3.28. The quantitative estimate of drug-likeness (QED) is 0.588. The molecule has 0 saturated heterocycles. The minimum absolute atomic E-state index is 0.175. The number of aryl methyl sites for hydroxylation is 1. The largest absolute Gasteiger partial charge is 0.485 e. The van der Waals surface area contributed by atoms with Crippen molar-refractivity contribution >= 4 is 15.6 Å². The number of benzene rings is 2. The van der Waals surface area contributed by atoms with Gasteiger partial charge in [0.05, 0.1) is 4.90 Å². The SMILES string of the molecule is Cc1cc(C(=O)COc2ccc(S(C)(=O)=O)cc2)c(C)n1-c1ccc(F)cc1. The van der Waals surface area contributed by atoms with Gasteiger partial charge in [0.1, 0.15) is 11.6 Å². The van der Waals surface area contributed by atoms with Crippen LogP contribution in [0.5, 0.6) is 5.75 Å². The van der Waals surface area contributed by atoms with E-state index in [-0.39, 0.29) is 23.1 Å². The molecule has 2 aromatic carbocycles. The Kier molecular flexibility index (Phi) is 5.38. The predicted molar refractivity (Wildman–Crippen MR) is 105 cm³/mol. The predicted octanol–water partition coefficient (Wildman–Crippen LogP) is 3.90. The highest BCUT2D eigenvalue weighted by molar-refractivity contribution is 7.90. The van der Waals surface area contributed by atoms with Crippen molar-refractivity contribution in [2.45, 2.75) is 18.7 Å². The lowest BCUT2D eigenvalue weighted by molar-refractivity contribution is 0.0921. The van der Waals surface area contributed by atoms with Crippen LogP contribution in [-0.4, -0.2) is 31.6 Å². The number of sulfone groups is 1. The summed E-state index contributed by atoms with van der Waals surface area (Å²) in [4.78, 5) is 12.8. The Balaban J connectivity index is 1.76. The molecule has 0 amide bonds. The van der Waals surface area contributed by atoms with Gasteiger partial charge in [-0.15, -0.1) is 0 Å². The van der Waals surface area contributed by atoms with Gasteiger partial charge in [-0.05, 0) is 68.4 Å². The summed E-state index contributed by atoms with van der Waals surface area (Å²) in [5, 5.41) is 0. The smallest absolute Gasteiger partial charge is 0.202 e. The number of rotatable bonds is 6. The molecule has 0 fully saturated rings. The van der Waals surface area contributed by atoms with E-state index in [1.807, 2.05) is 18.4 Å². The zero-order chi connectivity index (χ0) is 20.5. The van der Waals surface area contributed by atoms with Crippen molar-refractivity contribution in [2.24, 2.45) is 0 Å². The number of ether oxygens (including phenoxy) is 1. The monoisotopic (exact) mass is 401 g/mol. The molecule has 0 aliphatic rings. The summed E-state index contributed by atoms with van der Waals surface area (Å²) >= 11 is 0. The van der Waals surface area contributed by atoms with Gasteiger partial charge in [0.25, 0.3) is 0 Å². The van der Waals surface area contributed by atoms with Crippen LogP contribution >= 0.6 is 0 Å². The molecule has 7 heteroatoms. The Morgan fingerprint density at radius 2 is 1.64 bits per heavy atom. The van der Waals surface area contributed by atoms with Crippen LogP contribution in [0.15, 0.2) is 59.5 Å². The molecule has 146 valence electrons. The summed E-state index contributed by atoms with van der Waals surface area (Å²) in [5.74, 6) is -0.112. The highest BCUT2D eigenvalue weighted by atomic mass is 32.2. The Bertz CT molecular complexity index is 1110. The number of carbonyl (C=O) groups is 1. The first-order valence-corrected chi connectivity index (χ1v) is 10.5. The average molecular weight is 401 g/mol. The lowest BCUT2D eigenvalue weighted by atomic mass is 10.1. The molecular weight excluding hydrogens is 381 g/mol. The molecule has 0 unspecified atom stereocenters. The lowest BCUT2D eigenvalue weighted by Gasteiger charge is -2.10. The van der Waals surface area contributed by atoms with Crippen LogP contribution in [0.1, 0.15) is 21.7 Å². The zero-order valence-corrected chi connectivity index (χ0v) is 16.6. The summed E-state index contributed by atoms with van der Waals surface area (Å²) in [6.07, 6.45) is 1.13. The molecule has 0 spiro atoms. The fraction of sp³-hybridized carbons (Fsp3) is 0.190. The van der Waals surface area contributed by atoms with E-state index in [0.717, 1.165) is 23.3 Å². The third kappa shape index (κ3) is 4.14. The van der Waals surface area contributed by atoms with Gasteiger partial charge >= 0.3 is 0 Å². The van der Waals surface area contributed by atoms with Crippen molar-refractivity contribution in [3.63, 3.8) is 0 Å². The van der Waals surface area contributed by atoms with Gasteiger partial charge in [-0.2, -0.15) is 0 Å². The summed E-state index contributed by atoms with van der Waals surface area (Å²) in [7, 11) is -3.28. The maximum Gasteiger partial charge on any atom is 0.202 e. The first kappa shape index (κ1) is 19.8. The van der Waals surface area contributed by atoms with E-state index >= 15 is 0 Å². The van der Waals surface area contributed by atoms with Crippen LogP contribution < -0.4 is 4.74 Å². The van der Waals surface area contributed by atoms with Gasteiger partial charge in [0.15, 0.2) is 16.4 Å². The number of hydrogen-bond donors (Lipinski definition) is 0. The van der Waals surface area contributed by atoms with Crippen LogP contribution in [0.3, 0.4) is 0 Å². The molecule has 0 atom stereocenters. The van der Waals surface area contributed by atoms with Crippen LogP contribution in [0, 0.1) is 19.7 Å². The standard InChI is InChI=1S/C21H20FNO4S/c1-14-12-20(15(2)23(14)17-6-4-16(22)5-7-17)21(24)13-27-18-8-10-19(11-9-18)28(3,25)26/h4-12H,13H2,1-3H3.